The maximum atomic E-state index is 13.1. The molecule has 404 valence electrons. The fourth-order valence-electron chi connectivity index (χ4n) is 7.25. The Hall–Kier alpha value is -6.26. The van der Waals surface area contributed by atoms with Crippen molar-refractivity contribution in [2.45, 2.75) is 127 Å². The molecule has 0 saturated heterocycles. The number of H-pyrrole nitrogens is 1. The molecule has 0 unspecified atom stereocenters. The van der Waals surface area contributed by atoms with Gasteiger partial charge in [0.15, 0.2) is 34.3 Å². The van der Waals surface area contributed by atoms with Gasteiger partial charge in [0, 0.05) is 64.2 Å². The molecule has 6 aromatic heterocycles. The summed E-state index contributed by atoms with van der Waals surface area (Å²) in [6.07, 6.45) is 10.0. The first-order valence-corrected chi connectivity index (χ1v) is 33.7. The van der Waals surface area contributed by atoms with E-state index in [9.17, 15) is 14.4 Å². The third kappa shape index (κ3) is 16.4. The lowest BCUT2D eigenvalue weighted by atomic mass is 9.87. The summed E-state index contributed by atoms with van der Waals surface area (Å²) in [4.78, 5) is 68.0. The van der Waals surface area contributed by atoms with Crippen molar-refractivity contribution < 1.29 is 33.3 Å². The number of carbonyl (C=O) groups excluding carboxylic acids is 3. The molecule has 0 bridgehead atoms. The van der Waals surface area contributed by atoms with Gasteiger partial charge in [-0.3, -0.25) is 14.4 Å². The average Bonchev–Trinajstić information content (AvgIpc) is 4.03. The monoisotopic (exact) mass is 1130 g/mol. The van der Waals surface area contributed by atoms with Crippen LogP contribution in [0.4, 0.5) is 0 Å². The Morgan fingerprint density at radius 1 is 0.539 bits per heavy atom. The summed E-state index contributed by atoms with van der Waals surface area (Å²) in [7, 11) is -2.28. The summed E-state index contributed by atoms with van der Waals surface area (Å²) < 4.78 is 27.6. The number of halogens is 1. The second-order valence-corrected chi connectivity index (χ2v) is 36.2. The summed E-state index contributed by atoms with van der Waals surface area (Å²) >= 11 is 3.34. The first-order valence-electron chi connectivity index (χ1n) is 25.5. The number of ether oxygens (including phenoxy) is 4. The number of ketones is 3. The molecule has 8 aromatic rings. The standard InChI is InChI=1S/C23H31N3O3Si.C17H26BrN3O2Si.C17H17N3O2/c1-23(2,3)21(27)18-15-26(16-28-12-13-30(4,5)6)22-20(18)25-19(14-24-22)29-17-10-8-7-9-11-17;1-17(2,3)15(22)12-10-21(11-23-7-8-24(4,5)6)16-14(12)20-13(18)9-19-16;1-17(2,3)15(21)12-9-18-16-14(12)20-13(10-19-16)22-11-7-5-4-6-8-11/h7-11,14-15H,12-13,16H2,1-6H3;9-10H,7-8,11H2,1-6H3;4-10H,1-3H3,(H,18,19). The Balaban J connectivity index is 0.000000188. The molecular formula is C57H74BrN9O7Si2. The van der Waals surface area contributed by atoms with Gasteiger partial charge in [-0.1, -0.05) is 138 Å². The van der Waals surface area contributed by atoms with E-state index in [1.807, 2.05) is 138 Å². The Morgan fingerprint density at radius 2 is 0.934 bits per heavy atom. The fraction of sp³-hybridized carbons (Fsp3) is 0.421. The minimum atomic E-state index is -1.16. The minimum absolute atomic E-state index is 0.0134. The van der Waals surface area contributed by atoms with E-state index in [1.165, 1.54) is 6.20 Å². The maximum Gasteiger partial charge on any atom is 0.238 e. The highest BCUT2D eigenvalue weighted by Gasteiger charge is 2.30. The second-order valence-electron chi connectivity index (χ2n) is 24.1. The van der Waals surface area contributed by atoms with E-state index in [0.717, 1.165) is 18.7 Å². The Labute approximate surface area is 457 Å². The van der Waals surface area contributed by atoms with Gasteiger partial charge in [0.1, 0.15) is 46.1 Å². The van der Waals surface area contributed by atoms with Crippen molar-refractivity contribution in [2.75, 3.05) is 13.2 Å². The first-order chi connectivity index (χ1) is 35.5. The van der Waals surface area contributed by atoms with Crippen LogP contribution in [0.25, 0.3) is 33.5 Å². The largest absolute Gasteiger partial charge is 0.437 e. The fourth-order valence-corrected chi connectivity index (χ4v) is 9.05. The third-order valence-corrected chi connectivity index (χ3v) is 15.4. The number of hydrogen-bond acceptors (Lipinski definition) is 13. The number of hydrogen-bond donors (Lipinski definition) is 1. The molecule has 0 spiro atoms. The number of para-hydroxylation sites is 2. The van der Waals surface area contributed by atoms with Gasteiger partial charge < -0.3 is 33.1 Å². The van der Waals surface area contributed by atoms with E-state index < -0.39 is 32.4 Å². The molecule has 0 aliphatic carbocycles. The lowest BCUT2D eigenvalue weighted by Crippen LogP contribution is -2.22. The highest BCUT2D eigenvalue weighted by atomic mass is 79.9. The SMILES string of the molecule is CC(C)(C)C(=O)c1c[nH]c2ncc(Oc3ccccc3)nc12.CC(C)(C)C(=O)c1cn(COCC[Si](C)(C)C)c2ncc(Br)nc12.CC(C)(C)C(=O)c1cn(COCC[Si](C)(C)C)c2ncc(Oc3ccccc3)nc12. The molecule has 0 aliphatic rings. The van der Waals surface area contributed by atoms with Crippen molar-refractivity contribution in [1.82, 2.24) is 44.0 Å². The van der Waals surface area contributed by atoms with E-state index in [4.69, 9.17) is 18.9 Å². The van der Waals surface area contributed by atoms with Crippen LogP contribution in [0.5, 0.6) is 23.3 Å². The minimum Gasteiger partial charge on any atom is -0.437 e. The molecule has 1 N–H and O–H groups in total. The topological polar surface area (TPSA) is 191 Å². The molecule has 0 fully saturated rings. The van der Waals surface area contributed by atoms with Crippen molar-refractivity contribution in [3.05, 3.63) is 119 Å². The zero-order valence-corrected chi connectivity index (χ0v) is 50.4. The van der Waals surface area contributed by atoms with E-state index in [2.05, 4.69) is 90.1 Å². The first kappa shape index (κ1) is 59.0. The van der Waals surface area contributed by atoms with Crippen molar-refractivity contribution in [1.29, 1.82) is 0 Å². The summed E-state index contributed by atoms with van der Waals surface area (Å²) in [5.41, 5.74) is 3.77. The molecule has 0 amide bonds. The Kier molecular flexibility index (Phi) is 18.9. The van der Waals surface area contributed by atoms with Gasteiger partial charge in [0.2, 0.25) is 11.8 Å². The predicted octanol–water partition coefficient (Wildman–Crippen LogP) is 14.5. The zero-order chi connectivity index (χ0) is 55.8. The lowest BCUT2D eigenvalue weighted by Gasteiger charge is -2.16. The number of Topliss-reactive ketones (excluding diaryl/α,β-unsaturated/α-hetero) is 3. The maximum absolute atomic E-state index is 13.1. The van der Waals surface area contributed by atoms with Gasteiger partial charge in [0.25, 0.3) is 0 Å². The van der Waals surface area contributed by atoms with Crippen molar-refractivity contribution in [3.8, 4) is 23.3 Å². The normalized spacial score (nSPS) is 12.3. The van der Waals surface area contributed by atoms with Gasteiger partial charge in [-0.25, -0.2) is 29.9 Å². The number of aromatic nitrogens is 9. The molecule has 16 nitrogen and oxygen atoms in total. The van der Waals surface area contributed by atoms with Crippen LogP contribution < -0.4 is 9.47 Å². The van der Waals surface area contributed by atoms with E-state index in [1.54, 1.807) is 24.8 Å². The van der Waals surface area contributed by atoms with Crippen LogP contribution in [-0.4, -0.2) is 90.7 Å². The highest BCUT2D eigenvalue weighted by Crippen LogP contribution is 2.31. The number of carbonyl (C=O) groups is 3. The van der Waals surface area contributed by atoms with Crippen molar-refractivity contribution in [2.24, 2.45) is 16.2 Å². The zero-order valence-electron chi connectivity index (χ0n) is 46.8. The highest BCUT2D eigenvalue weighted by molar-refractivity contribution is 9.10. The molecule has 0 aliphatic heterocycles. The molecule has 0 saturated carbocycles. The van der Waals surface area contributed by atoms with Gasteiger partial charge in [-0.2, -0.15) is 0 Å². The number of benzene rings is 2. The molecule has 0 radical (unpaired) electrons. The Bertz CT molecular complexity index is 3270. The van der Waals surface area contributed by atoms with Crippen LogP contribution in [0.15, 0.2) is 102 Å². The van der Waals surface area contributed by atoms with Gasteiger partial charge in [-0.05, 0) is 52.3 Å². The summed E-state index contributed by atoms with van der Waals surface area (Å²) in [5.74, 6) is 2.15. The third-order valence-electron chi connectivity index (χ3n) is 11.6. The number of aromatic amines is 1. The van der Waals surface area contributed by atoms with Crippen LogP contribution in [0.2, 0.25) is 51.4 Å². The lowest BCUT2D eigenvalue weighted by molar-refractivity contribution is 0.0842. The van der Waals surface area contributed by atoms with E-state index in [0.29, 0.717) is 98.1 Å². The van der Waals surface area contributed by atoms with Crippen molar-refractivity contribution >= 4 is 82.9 Å². The molecular weight excluding hydrogens is 1060 g/mol. The molecule has 19 heteroatoms. The van der Waals surface area contributed by atoms with Crippen LogP contribution in [0, 0.1) is 16.2 Å². The van der Waals surface area contributed by atoms with Crippen LogP contribution in [0.3, 0.4) is 0 Å². The smallest absolute Gasteiger partial charge is 0.238 e. The second kappa shape index (κ2) is 24.4. The van der Waals surface area contributed by atoms with E-state index in [-0.39, 0.29) is 17.3 Å². The summed E-state index contributed by atoms with van der Waals surface area (Å²) in [5, 5.41) is 0. The summed E-state index contributed by atoms with van der Waals surface area (Å²) in [6, 6.07) is 21.0. The van der Waals surface area contributed by atoms with Gasteiger partial charge in [0.05, 0.1) is 35.3 Å². The quantitative estimate of drug-likeness (QED) is 0.0515. The molecule has 0 atom stereocenters. The van der Waals surface area contributed by atoms with Crippen molar-refractivity contribution in [3.63, 3.8) is 0 Å². The molecule has 8 rings (SSSR count). The Morgan fingerprint density at radius 3 is 1.37 bits per heavy atom. The van der Waals surface area contributed by atoms with Gasteiger partial charge >= 0.3 is 0 Å². The van der Waals surface area contributed by atoms with E-state index >= 15 is 0 Å². The predicted molar refractivity (Wildman–Crippen MR) is 309 cm³/mol. The molecule has 6 heterocycles. The van der Waals surface area contributed by atoms with Crippen LogP contribution >= 0.6 is 15.9 Å². The van der Waals surface area contributed by atoms with Gasteiger partial charge in [-0.15, -0.1) is 0 Å². The van der Waals surface area contributed by atoms with Crippen LogP contribution in [-0.2, 0) is 22.9 Å². The number of rotatable bonds is 17. The molecule has 2 aromatic carbocycles. The summed E-state index contributed by atoms with van der Waals surface area (Å²) in [6.45, 7) is 33.2. The number of nitrogens with zero attached hydrogens (tertiary/aromatic N) is 8. The average molecular weight is 1130 g/mol. The number of fused-ring (bicyclic) bond motifs is 3. The molecule has 76 heavy (non-hydrogen) atoms. The number of nitrogens with one attached hydrogen (secondary N) is 1. The van der Waals surface area contributed by atoms with Crippen LogP contribution in [0.1, 0.15) is 93.4 Å².